The number of carboxylic acids is 1. The van der Waals surface area contributed by atoms with Gasteiger partial charge >= 0.3 is 5.97 Å². The van der Waals surface area contributed by atoms with E-state index in [0.717, 1.165) is 31.6 Å². The highest BCUT2D eigenvalue weighted by Gasteiger charge is 2.40. The second-order valence-corrected chi connectivity index (χ2v) is 4.89. The number of para-hydroxylation sites is 1. The fourth-order valence-corrected chi connectivity index (χ4v) is 2.56. The maximum atomic E-state index is 11.1. The summed E-state index contributed by atoms with van der Waals surface area (Å²) in [5, 5.41) is 9.15. The van der Waals surface area contributed by atoms with Crippen molar-refractivity contribution in [3.05, 3.63) is 29.8 Å². The van der Waals surface area contributed by atoms with Crippen LogP contribution in [-0.2, 0) is 0 Å². The molecule has 1 aromatic rings. The van der Waals surface area contributed by atoms with Gasteiger partial charge in [-0.15, -0.1) is 0 Å². The summed E-state index contributed by atoms with van der Waals surface area (Å²) in [6.07, 6.45) is 2.32. The Kier molecular flexibility index (Phi) is 3.09. The first-order valence-electron chi connectivity index (χ1n) is 6.19. The number of anilines is 1. The summed E-state index contributed by atoms with van der Waals surface area (Å²) in [4.78, 5) is 13.3. The number of hydrogen-bond acceptors (Lipinski definition) is 2. The molecule has 0 unspecified atom stereocenters. The van der Waals surface area contributed by atoms with Crippen molar-refractivity contribution in [2.45, 2.75) is 26.7 Å². The van der Waals surface area contributed by atoms with Crippen molar-refractivity contribution in [1.29, 1.82) is 0 Å². The van der Waals surface area contributed by atoms with Gasteiger partial charge in [-0.25, -0.2) is 4.79 Å². The summed E-state index contributed by atoms with van der Waals surface area (Å²) >= 11 is 0. The molecule has 0 saturated carbocycles. The van der Waals surface area contributed by atoms with Crippen LogP contribution in [0, 0.1) is 5.41 Å². The van der Waals surface area contributed by atoms with Gasteiger partial charge in [0.25, 0.3) is 0 Å². The molecule has 1 aliphatic heterocycles. The lowest BCUT2D eigenvalue weighted by atomic mass is 9.75. The van der Waals surface area contributed by atoms with Crippen LogP contribution >= 0.6 is 0 Å². The van der Waals surface area contributed by atoms with Crippen molar-refractivity contribution in [3.8, 4) is 0 Å². The molecule has 3 heteroatoms. The number of hydrogen-bond donors (Lipinski definition) is 1. The Balaban J connectivity index is 2.19. The first-order chi connectivity index (χ1) is 8.12. The number of carboxylic acid groups (broad SMARTS) is 1. The van der Waals surface area contributed by atoms with Crippen molar-refractivity contribution < 1.29 is 9.90 Å². The average molecular weight is 233 g/mol. The van der Waals surface area contributed by atoms with Crippen molar-refractivity contribution in [2.75, 3.05) is 18.0 Å². The molecule has 0 radical (unpaired) electrons. The number of aromatic carboxylic acids is 1. The number of carbonyl (C=O) groups is 1. The SMILES string of the molecule is CCC1(CC)CN(c2ccccc2C(=O)O)C1. The Hall–Kier alpha value is -1.51. The molecule has 1 fully saturated rings. The molecule has 3 nitrogen and oxygen atoms in total. The Bertz CT molecular complexity index is 416. The van der Waals surface area contributed by atoms with E-state index < -0.39 is 5.97 Å². The van der Waals surface area contributed by atoms with E-state index in [9.17, 15) is 4.79 Å². The molecule has 0 amide bonds. The highest BCUT2D eigenvalue weighted by molar-refractivity contribution is 5.94. The Morgan fingerprint density at radius 3 is 2.41 bits per heavy atom. The molecule has 17 heavy (non-hydrogen) atoms. The van der Waals surface area contributed by atoms with E-state index >= 15 is 0 Å². The third kappa shape index (κ3) is 2.02. The lowest BCUT2D eigenvalue weighted by molar-refractivity contribution is 0.0696. The van der Waals surface area contributed by atoms with Crippen LogP contribution in [0.1, 0.15) is 37.0 Å². The smallest absolute Gasteiger partial charge is 0.337 e. The molecule has 0 spiro atoms. The lowest BCUT2D eigenvalue weighted by Crippen LogP contribution is -2.56. The molecule has 1 saturated heterocycles. The zero-order valence-electron chi connectivity index (χ0n) is 10.4. The van der Waals surface area contributed by atoms with Gasteiger partial charge < -0.3 is 10.0 Å². The fourth-order valence-electron chi connectivity index (χ4n) is 2.56. The third-order valence-electron chi connectivity index (χ3n) is 4.03. The first-order valence-corrected chi connectivity index (χ1v) is 6.19. The fraction of sp³-hybridized carbons (Fsp3) is 0.500. The summed E-state index contributed by atoms with van der Waals surface area (Å²) in [6.45, 7) is 6.38. The van der Waals surface area contributed by atoms with E-state index in [1.165, 1.54) is 0 Å². The third-order valence-corrected chi connectivity index (χ3v) is 4.03. The number of nitrogens with zero attached hydrogens (tertiary/aromatic N) is 1. The zero-order valence-corrected chi connectivity index (χ0v) is 10.4. The monoisotopic (exact) mass is 233 g/mol. The van der Waals surface area contributed by atoms with Gasteiger partial charge in [0.2, 0.25) is 0 Å². The second kappa shape index (κ2) is 4.40. The molecule has 1 aliphatic rings. The van der Waals surface area contributed by atoms with E-state index in [2.05, 4.69) is 18.7 Å². The van der Waals surface area contributed by atoms with Crippen LogP contribution in [0.2, 0.25) is 0 Å². The van der Waals surface area contributed by atoms with Gasteiger partial charge in [0.05, 0.1) is 11.3 Å². The van der Waals surface area contributed by atoms with Crippen LogP contribution in [0.25, 0.3) is 0 Å². The molecule has 1 heterocycles. The molecule has 0 atom stereocenters. The Morgan fingerprint density at radius 1 is 1.29 bits per heavy atom. The highest BCUT2D eigenvalue weighted by Crippen LogP contribution is 2.40. The summed E-state index contributed by atoms with van der Waals surface area (Å²) in [5.41, 5.74) is 1.66. The number of rotatable bonds is 4. The van der Waals surface area contributed by atoms with Gasteiger partial charge in [0.15, 0.2) is 0 Å². The topological polar surface area (TPSA) is 40.5 Å². The maximum absolute atomic E-state index is 11.1. The molecule has 92 valence electrons. The number of benzene rings is 1. The van der Waals surface area contributed by atoms with Gasteiger partial charge in [-0.2, -0.15) is 0 Å². The van der Waals surface area contributed by atoms with Gasteiger partial charge in [-0.05, 0) is 25.0 Å². The van der Waals surface area contributed by atoms with E-state index in [0.29, 0.717) is 11.0 Å². The minimum atomic E-state index is -0.842. The van der Waals surface area contributed by atoms with Gasteiger partial charge in [-0.3, -0.25) is 0 Å². The van der Waals surface area contributed by atoms with Gasteiger partial charge in [0, 0.05) is 18.5 Å². The second-order valence-electron chi connectivity index (χ2n) is 4.89. The van der Waals surface area contributed by atoms with Crippen LogP contribution in [0.5, 0.6) is 0 Å². The summed E-state index contributed by atoms with van der Waals surface area (Å²) in [6, 6.07) is 7.26. The predicted octanol–water partition coefficient (Wildman–Crippen LogP) is 3.01. The van der Waals surface area contributed by atoms with Crippen LogP contribution in [0.3, 0.4) is 0 Å². The van der Waals surface area contributed by atoms with E-state index in [-0.39, 0.29) is 0 Å². The van der Waals surface area contributed by atoms with Crippen molar-refractivity contribution >= 4 is 11.7 Å². The minimum Gasteiger partial charge on any atom is -0.478 e. The minimum absolute atomic E-state index is 0.394. The van der Waals surface area contributed by atoms with Crippen LogP contribution in [-0.4, -0.2) is 24.2 Å². The molecule has 2 rings (SSSR count). The van der Waals surface area contributed by atoms with E-state index in [1.54, 1.807) is 12.1 Å². The zero-order chi connectivity index (χ0) is 12.5. The van der Waals surface area contributed by atoms with Crippen LogP contribution < -0.4 is 4.90 Å². The highest BCUT2D eigenvalue weighted by atomic mass is 16.4. The summed E-state index contributed by atoms with van der Waals surface area (Å²) in [5.74, 6) is -0.842. The Labute approximate surface area is 102 Å². The van der Waals surface area contributed by atoms with Crippen LogP contribution in [0.4, 0.5) is 5.69 Å². The van der Waals surface area contributed by atoms with Crippen molar-refractivity contribution in [2.24, 2.45) is 5.41 Å². The molecule has 0 aliphatic carbocycles. The van der Waals surface area contributed by atoms with Gasteiger partial charge in [-0.1, -0.05) is 26.0 Å². The average Bonchev–Trinajstić information content (AvgIpc) is 2.29. The van der Waals surface area contributed by atoms with Crippen LogP contribution in [0.15, 0.2) is 24.3 Å². The molecule has 0 aromatic heterocycles. The lowest BCUT2D eigenvalue weighted by Gasteiger charge is -2.51. The van der Waals surface area contributed by atoms with Crippen molar-refractivity contribution in [3.63, 3.8) is 0 Å². The molecular formula is C14H19NO2. The predicted molar refractivity (Wildman–Crippen MR) is 68.6 cm³/mol. The first kappa shape index (κ1) is 12.0. The quantitative estimate of drug-likeness (QED) is 0.869. The molecule has 1 aromatic carbocycles. The van der Waals surface area contributed by atoms with E-state index in [1.807, 2.05) is 12.1 Å². The molecule has 1 N–H and O–H groups in total. The Morgan fingerprint density at radius 2 is 1.88 bits per heavy atom. The van der Waals surface area contributed by atoms with Crippen molar-refractivity contribution in [1.82, 2.24) is 0 Å². The standard InChI is InChI=1S/C14H19NO2/c1-3-14(4-2)9-15(10-14)12-8-6-5-7-11(12)13(16)17/h5-8H,3-4,9-10H2,1-2H3,(H,16,17). The maximum Gasteiger partial charge on any atom is 0.337 e. The van der Waals surface area contributed by atoms with Gasteiger partial charge in [0.1, 0.15) is 0 Å². The summed E-state index contributed by atoms with van der Waals surface area (Å²) in [7, 11) is 0. The normalized spacial score (nSPS) is 17.6. The molecular weight excluding hydrogens is 214 g/mol. The summed E-state index contributed by atoms with van der Waals surface area (Å²) < 4.78 is 0. The molecule has 0 bridgehead atoms. The largest absolute Gasteiger partial charge is 0.478 e. The van der Waals surface area contributed by atoms with E-state index in [4.69, 9.17) is 5.11 Å².